The normalized spacial score (nSPS) is 13.9. The molecule has 4 aromatic rings. The lowest BCUT2D eigenvalue weighted by atomic mass is 10.0. The van der Waals surface area contributed by atoms with Crippen LogP contribution in [0.3, 0.4) is 0 Å². The van der Waals surface area contributed by atoms with E-state index in [1.807, 2.05) is 37.3 Å². The lowest BCUT2D eigenvalue weighted by molar-refractivity contribution is -0.120. The van der Waals surface area contributed by atoms with Crippen LogP contribution in [0.2, 0.25) is 0 Å². The summed E-state index contributed by atoms with van der Waals surface area (Å²) in [6, 6.07) is 14.8. The van der Waals surface area contributed by atoms with Crippen LogP contribution in [-0.4, -0.2) is 38.3 Å². The highest BCUT2D eigenvalue weighted by Gasteiger charge is 2.40. The molecule has 0 saturated carbocycles. The minimum absolute atomic E-state index is 0.253. The van der Waals surface area contributed by atoms with Crippen LogP contribution in [0.15, 0.2) is 65.7 Å². The van der Waals surface area contributed by atoms with E-state index >= 15 is 0 Å². The first kappa shape index (κ1) is 20.8. The first-order valence-corrected chi connectivity index (χ1v) is 11.0. The van der Waals surface area contributed by atoms with Crippen molar-refractivity contribution in [3.63, 3.8) is 0 Å². The number of hydrogen-bond acceptors (Lipinski definition) is 6. The fourth-order valence-electron chi connectivity index (χ4n) is 4.02. The number of carbonyl (C=O) groups is 3. The molecule has 0 aliphatic carbocycles. The lowest BCUT2D eigenvalue weighted by Gasteiger charge is -2.22. The molecule has 2 aromatic carbocycles. The number of nitrogens with zero attached hydrogens (tertiary/aromatic N) is 3. The zero-order valence-electron chi connectivity index (χ0n) is 17.7. The molecule has 1 aliphatic rings. The predicted octanol–water partition coefficient (Wildman–Crippen LogP) is 3.19. The molecular weight excluding hydrogens is 440 g/mol. The Kier molecular flexibility index (Phi) is 4.90. The SMILES string of the molecule is Cc1sc2ncn(NC(=O)C(C)N3C(=O)c4ccccc4C3=O)c(=O)c2c1-c1ccccc1. The minimum atomic E-state index is -1.13. The van der Waals surface area contributed by atoms with Gasteiger partial charge in [-0.25, -0.2) is 9.66 Å². The van der Waals surface area contributed by atoms with Crippen molar-refractivity contribution in [3.05, 3.63) is 87.3 Å². The highest BCUT2D eigenvalue weighted by Crippen LogP contribution is 2.35. The Morgan fingerprint density at radius 3 is 2.21 bits per heavy atom. The van der Waals surface area contributed by atoms with E-state index in [4.69, 9.17) is 0 Å². The van der Waals surface area contributed by atoms with Gasteiger partial charge >= 0.3 is 0 Å². The van der Waals surface area contributed by atoms with Gasteiger partial charge in [-0.2, -0.15) is 0 Å². The van der Waals surface area contributed by atoms with Gasteiger partial charge in [0.15, 0.2) is 0 Å². The Hall–Kier alpha value is -4.11. The Bertz CT molecular complexity index is 1470. The van der Waals surface area contributed by atoms with E-state index in [0.29, 0.717) is 10.2 Å². The van der Waals surface area contributed by atoms with Crippen LogP contribution in [0.1, 0.15) is 32.5 Å². The summed E-state index contributed by atoms with van der Waals surface area (Å²) in [5.41, 5.74) is 4.21. The van der Waals surface area contributed by atoms with E-state index in [1.54, 1.807) is 24.3 Å². The van der Waals surface area contributed by atoms with Crippen LogP contribution >= 0.6 is 11.3 Å². The molecule has 2 aromatic heterocycles. The number of fused-ring (bicyclic) bond motifs is 2. The smallest absolute Gasteiger partial charge is 0.271 e. The van der Waals surface area contributed by atoms with E-state index in [2.05, 4.69) is 10.4 Å². The Labute approximate surface area is 192 Å². The van der Waals surface area contributed by atoms with Gasteiger partial charge in [-0.15, -0.1) is 11.3 Å². The zero-order chi connectivity index (χ0) is 23.3. The number of hydrogen-bond donors (Lipinski definition) is 1. The van der Waals surface area contributed by atoms with Crippen LogP contribution < -0.4 is 11.0 Å². The average molecular weight is 458 g/mol. The first-order chi connectivity index (χ1) is 15.9. The summed E-state index contributed by atoms with van der Waals surface area (Å²) in [5.74, 6) is -1.76. The molecule has 1 N–H and O–H groups in total. The molecule has 3 amide bonds. The van der Waals surface area contributed by atoms with Gasteiger partial charge in [0, 0.05) is 10.4 Å². The minimum Gasteiger partial charge on any atom is -0.271 e. The maximum atomic E-state index is 13.3. The van der Waals surface area contributed by atoms with Gasteiger partial charge in [0.05, 0.1) is 16.5 Å². The maximum absolute atomic E-state index is 13.3. The number of benzene rings is 2. The quantitative estimate of drug-likeness (QED) is 0.474. The third kappa shape index (κ3) is 3.25. The molecule has 0 saturated heterocycles. The van der Waals surface area contributed by atoms with E-state index in [9.17, 15) is 19.2 Å². The highest BCUT2D eigenvalue weighted by atomic mass is 32.1. The van der Waals surface area contributed by atoms with Crippen molar-refractivity contribution >= 4 is 39.3 Å². The van der Waals surface area contributed by atoms with Gasteiger partial charge in [0.2, 0.25) is 0 Å². The molecule has 1 unspecified atom stereocenters. The molecule has 0 spiro atoms. The van der Waals surface area contributed by atoms with Crippen molar-refractivity contribution < 1.29 is 14.4 Å². The van der Waals surface area contributed by atoms with Crippen molar-refractivity contribution in [3.8, 4) is 11.1 Å². The van der Waals surface area contributed by atoms with Crippen LogP contribution in [0.5, 0.6) is 0 Å². The molecule has 5 rings (SSSR count). The second-order valence-electron chi connectivity index (χ2n) is 7.68. The second-order valence-corrected chi connectivity index (χ2v) is 8.88. The maximum Gasteiger partial charge on any atom is 0.281 e. The number of thiophene rings is 1. The van der Waals surface area contributed by atoms with Crippen LogP contribution in [0.25, 0.3) is 21.3 Å². The van der Waals surface area contributed by atoms with E-state index in [0.717, 1.165) is 25.6 Å². The summed E-state index contributed by atoms with van der Waals surface area (Å²) in [4.78, 5) is 58.4. The Morgan fingerprint density at radius 1 is 0.970 bits per heavy atom. The molecule has 0 bridgehead atoms. The van der Waals surface area contributed by atoms with E-state index in [1.165, 1.54) is 24.6 Å². The molecule has 0 fully saturated rings. The van der Waals surface area contributed by atoms with Crippen LogP contribution in [0.4, 0.5) is 0 Å². The van der Waals surface area contributed by atoms with E-state index in [-0.39, 0.29) is 11.1 Å². The van der Waals surface area contributed by atoms with Crippen molar-refractivity contribution in [2.75, 3.05) is 5.43 Å². The first-order valence-electron chi connectivity index (χ1n) is 10.2. The largest absolute Gasteiger partial charge is 0.281 e. The van der Waals surface area contributed by atoms with Crippen molar-refractivity contribution in [1.29, 1.82) is 0 Å². The zero-order valence-corrected chi connectivity index (χ0v) is 18.6. The van der Waals surface area contributed by atoms with Crippen molar-refractivity contribution in [2.24, 2.45) is 0 Å². The summed E-state index contributed by atoms with van der Waals surface area (Å²) in [5, 5.41) is 0.403. The predicted molar refractivity (Wildman–Crippen MR) is 125 cm³/mol. The second kappa shape index (κ2) is 7.79. The van der Waals surface area contributed by atoms with Gasteiger partial charge in [0.25, 0.3) is 23.3 Å². The number of carbonyl (C=O) groups excluding carboxylic acids is 3. The van der Waals surface area contributed by atoms with Gasteiger partial charge < -0.3 is 0 Å². The van der Waals surface area contributed by atoms with Crippen molar-refractivity contribution in [1.82, 2.24) is 14.6 Å². The number of amides is 3. The number of aryl methyl sites for hydroxylation is 1. The molecule has 33 heavy (non-hydrogen) atoms. The number of aromatic nitrogens is 2. The molecule has 164 valence electrons. The third-order valence-corrected chi connectivity index (χ3v) is 6.69. The number of nitrogens with one attached hydrogen (secondary N) is 1. The molecule has 1 aliphatic heterocycles. The summed E-state index contributed by atoms with van der Waals surface area (Å²) in [6.07, 6.45) is 1.24. The molecule has 9 heteroatoms. The number of imide groups is 1. The molecule has 0 radical (unpaired) electrons. The number of rotatable bonds is 4. The molecule has 1 atom stereocenters. The van der Waals surface area contributed by atoms with E-state index < -0.39 is 29.3 Å². The van der Waals surface area contributed by atoms with Crippen LogP contribution in [-0.2, 0) is 4.79 Å². The molecular formula is C24H18N4O4S. The summed E-state index contributed by atoms with van der Waals surface area (Å²) in [6.45, 7) is 3.36. The standard InChI is InChI=1S/C24H18N4O4S/c1-13(28-22(30)16-10-6-7-11-17(16)23(28)31)20(29)26-27-12-25-21-19(24(27)32)18(14(2)33-21)15-8-4-3-5-9-15/h3-13H,1-2H3,(H,26,29). The topological polar surface area (TPSA) is 101 Å². The molecule has 3 heterocycles. The highest BCUT2D eigenvalue weighted by molar-refractivity contribution is 7.19. The summed E-state index contributed by atoms with van der Waals surface area (Å²) < 4.78 is 0.998. The van der Waals surface area contributed by atoms with Gasteiger partial charge in [-0.3, -0.25) is 29.5 Å². The Balaban J connectivity index is 1.48. The average Bonchev–Trinajstić information content (AvgIpc) is 3.29. The van der Waals surface area contributed by atoms with Crippen molar-refractivity contribution in [2.45, 2.75) is 19.9 Å². The monoisotopic (exact) mass is 458 g/mol. The van der Waals surface area contributed by atoms with Gasteiger partial charge in [-0.1, -0.05) is 42.5 Å². The summed E-state index contributed by atoms with van der Waals surface area (Å²) in [7, 11) is 0. The fraction of sp³-hybridized carbons (Fsp3) is 0.125. The Morgan fingerprint density at radius 2 is 1.58 bits per heavy atom. The van der Waals surface area contributed by atoms with Crippen LogP contribution in [0, 0.1) is 6.92 Å². The molecule has 8 nitrogen and oxygen atoms in total. The lowest BCUT2D eigenvalue weighted by Crippen LogP contribution is -2.48. The van der Waals surface area contributed by atoms with Gasteiger partial charge in [0.1, 0.15) is 17.2 Å². The third-order valence-electron chi connectivity index (χ3n) is 5.67. The van der Waals surface area contributed by atoms with Gasteiger partial charge in [-0.05, 0) is 31.5 Å². The fourth-order valence-corrected chi connectivity index (χ4v) is 5.03. The summed E-state index contributed by atoms with van der Waals surface area (Å²) >= 11 is 1.40.